The van der Waals surface area contributed by atoms with E-state index in [2.05, 4.69) is 4.98 Å². The molecule has 35 heavy (non-hydrogen) atoms. The van der Waals surface area contributed by atoms with Crippen LogP contribution in [0.1, 0.15) is 15.9 Å². The summed E-state index contributed by atoms with van der Waals surface area (Å²) < 4.78 is 28.7. The maximum atomic E-state index is 13.0. The predicted molar refractivity (Wildman–Crippen MR) is 133 cm³/mol. The van der Waals surface area contributed by atoms with E-state index in [9.17, 15) is 18.0 Å². The molecule has 1 aliphatic rings. The van der Waals surface area contributed by atoms with Crippen molar-refractivity contribution in [2.24, 2.45) is 0 Å². The molecule has 2 heterocycles. The Balaban J connectivity index is 1.28. The highest BCUT2D eigenvalue weighted by molar-refractivity contribution is 7.89. The number of sulfonamides is 1. The van der Waals surface area contributed by atoms with Gasteiger partial charge in [0.05, 0.1) is 21.5 Å². The van der Waals surface area contributed by atoms with E-state index in [1.807, 2.05) is 13.0 Å². The Morgan fingerprint density at radius 3 is 2.20 bits per heavy atom. The molecule has 1 amide bonds. The third-order valence-electron chi connectivity index (χ3n) is 6.24. The second kappa shape index (κ2) is 9.09. The molecule has 0 bridgehead atoms. The topological polar surface area (TPSA) is 92.6 Å². The summed E-state index contributed by atoms with van der Waals surface area (Å²) in [6.45, 7) is 2.99. The Labute approximate surface area is 203 Å². The number of fused-ring (bicyclic) bond motifs is 1. The van der Waals surface area contributed by atoms with Crippen LogP contribution in [0.5, 0.6) is 0 Å². The first kappa shape index (κ1) is 22.9. The van der Waals surface area contributed by atoms with Gasteiger partial charge in [0.1, 0.15) is 6.33 Å². The highest BCUT2D eigenvalue weighted by Crippen LogP contribution is 2.19. The predicted octanol–water partition coefficient (Wildman–Crippen LogP) is 2.84. The van der Waals surface area contributed by atoms with Crippen LogP contribution in [-0.4, -0.2) is 59.3 Å². The third-order valence-corrected chi connectivity index (χ3v) is 8.16. The van der Waals surface area contributed by atoms with Gasteiger partial charge in [0.25, 0.3) is 11.5 Å². The van der Waals surface area contributed by atoms with E-state index >= 15 is 0 Å². The number of para-hydroxylation sites is 1. The van der Waals surface area contributed by atoms with Gasteiger partial charge in [0.15, 0.2) is 0 Å². The SMILES string of the molecule is Cc1ccc(S(=O)(=O)N2CCN(C(=O)c3ccc(-n4cnc5ccccc5c4=O)cc3)CC2)cc1. The summed E-state index contributed by atoms with van der Waals surface area (Å²) in [5.41, 5.74) is 2.53. The second-order valence-electron chi connectivity index (χ2n) is 8.49. The summed E-state index contributed by atoms with van der Waals surface area (Å²) >= 11 is 0. The number of benzene rings is 3. The smallest absolute Gasteiger partial charge is 0.265 e. The van der Waals surface area contributed by atoms with Crippen LogP contribution in [0.2, 0.25) is 0 Å². The number of carbonyl (C=O) groups is 1. The average molecular weight is 489 g/mol. The minimum atomic E-state index is -3.59. The molecule has 4 aromatic rings. The number of nitrogens with zero attached hydrogens (tertiary/aromatic N) is 4. The van der Waals surface area contributed by atoms with Gasteiger partial charge in [-0.25, -0.2) is 13.4 Å². The van der Waals surface area contributed by atoms with Crippen molar-refractivity contribution < 1.29 is 13.2 Å². The average Bonchev–Trinajstić information content (AvgIpc) is 2.89. The number of hydrogen-bond acceptors (Lipinski definition) is 5. The van der Waals surface area contributed by atoms with Crippen LogP contribution < -0.4 is 5.56 Å². The van der Waals surface area contributed by atoms with Crippen LogP contribution in [-0.2, 0) is 10.0 Å². The van der Waals surface area contributed by atoms with Crippen molar-refractivity contribution in [3.63, 3.8) is 0 Å². The van der Waals surface area contributed by atoms with Crippen molar-refractivity contribution in [1.82, 2.24) is 18.8 Å². The van der Waals surface area contributed by atoms with Crippen LogP contribution in [0.3, 0.4) is 0 Å². The Kier molecular flexibility index (Phi) is 5.96. The van der Waals surface area contributed by atoms with Gasteiger partial charge in [0, 0.05) is 31.7 Å². The third kappa shape index (κ3) is 4.36. The molecule has 8 nitrogen and oxygen atoms in total. The molecule has 0 atom stereocenters. The number of hydrogen-bond donors (Lipinski definition) is 0. The van der Waals surface area contributed by atoms with Gasteiger partial charge in [-0.2, -0.15) is 4.31 Å². The molecule has 0 spiro atoms. The molecule has 178 valence electrons. The van der Waals surface area contributed by atoms with Crippen molar-refractivity contribution in [3.05, 3.63) is 101 Å². The molecule has 1 aliphatic heterocycles. The summed E-state index contributed by atoms with van der Waals surface area (Å²) in [5.74, 6) is -0.173. The first-order valence-corrected chi connectivity index (χ1v) is 12.7. The number of piperazine rings is 1. The van der Waals surface area contributed by atoms with Crippen LogP contribution >= 0.6 is 0 Å². The van der Waals surface area contributed by atoms with Crippen molar-refractivity contribution in [2.75, 3.05) is 26.2 Å². The Morgan fingerprint density at radius 2 is 1.51 bits per heavy atom. The second-order valence-corrected chi connectivity index (χ2v) is 10.4. The van der Waals surface area contributed by atoms with Crippen molar-refractivity contribution in [1.29, 1.82) is 0 Å². The molecule has 3 aromatic carbocycles. The van der Waals surface area contributed by atoms with E-state index < -0.39 is 10.0 Å². The fraction of sp³-hybridized carbons (Fsp3) is 0.192. The molecule has 9 heteroatoms. The summed E-state index contributed by atoms with van der Waals surface area (Å²) in [4.78, 5) is 32.1. The van der Waals surface area contributed by atoms with E-state index in [-0.39, 0.29) is 29.5 Å². The Morgan fingerprint density at radius 1 is 0.857 bits per heavy atom. The molecule has 1 fully saturated rings. The quantitative estimate of drug-likeness (QED) is 0.441. The molecule has 5 rings (SSSR count). The van der Waals surface area contributed by atoms with Crippen molar-refractivity contribution >= 4 is 26.8 Å². The highest BCUT2D eigenvalue weighted by atomic mass is 32.2. The molecule has 1 saturated heterocycles. The van der Waals surface area contributed by atoms with Gasteiger partial charge in [-0.1, -0.05) is 29.8 Å². The summed E-state index contributed by atoms with van der Waals surface area (Å²) in [7, 11) is -3.59. The van der Waals surface area contributed by atoms with Gasteiger partial charge in [-0.15, -0.1) is 0 Å². The maximum absolute atomic E-state index is 13.0. The van der Waals surface area contributed by atoms with Crippen LogP contribution in [0.15, 0.2) is 88.8 Å². The number of amides is 1. The van der Waals surface area contributed by atoms with Crippen LogP contribution in [0.4, 0.5) is 0 Å². The fourth-order valence-corrected chi connectivity index (χ4v) is 5.61. The highest BCUT2D eigenvalue weighted by Gasteiger charge is 2.30. The zero-order valence-corrected chi connectivity index (χ0v) is 20.0. The van der Waals surface area contributed by atoms with Gasteiger partial charge in [-0.3, -0.25) is 14.2 Å². The van der Waals surface area contributed by atoms with E-state index in [4.69, 9.17) is 0 Å². The minimum absolute atomic E-state index is 0.173. The lowest BCUT2D eigenvalue weighted by Gasteiger charge is -2.34. The van der Waals surface area contributed by atoms with E-state index in [0.717, 1.165) is 5.56 Å². The van der Waals surface area contributed by atoms with Crippen LogP contribution in [0, 0.1) is 6.92 Å². The molecular weight excluding hydrogens is 464 g/mol. The molecular formula is C26H24N4O4S. The Hall–Kier alpha value is -3.82. The minimum Gasteiger partial charge on any atom is -0.336 e. The summed E-state index contributed by atoms with van der Waals surface area (Å²) in [5, 5.41) is 0.522. The fourth-order valence-electron chi connectivity index (χ4n) is 4.19. The standard InChI is InChI=1S/C26H24N4O4S/c1-19-6-12-22(13-7-19)35(33,34)29-16-14-28(15-17-29)25(31)20-8-10-21(11-9-20)30-18-27-24-5-3-2-4-23(24)26(30)32/h2-13,18H,14-17H2,1H3. The summed E-state index contributed by atoms with van der Waals surface area (Å²) in [6, 6.07) is 20.7. The number of aryl methyl sites for hydroxylation is 1. The largest absolute Gasteiger partial charge is 0.336 e. The van der Waals surface area contributed by atoms with Gasteiger partial charge in [-0.05, 0) is 55.5 Å². The summed E-state index contributed by atoms with van der Waals surface area (Å²) in [6.07, 6.45) is 1.48. The zero-order chi connectivity index (χ0) is 24.6. The lowest BCUT2D eigenvalue weighted by Crippen LogP contribution is -2.50. The zero-order valence-electron chi connectivity index (χ0n) is 19.2. The lowest BCUT2D eigenvalue weighted by atomic mass is 10.1. The number of rotatable bonds is 4. The lowest BCUT2D eigenvalue weighted by molar-refractivity contribution is 0.0698. The molecule has 0 N–H and O–H groups in total. The van der Waals surface area contributed by atoms with Crippen molar-refractivity contribution in [2.45, 2.75) is 11.8 Å². The van der Waals surface area contributed by atoms with E-state index in [1.54, 1.807) is 71.6 Å². The van der Waals surface area contributed by atoms with Crippen molar-refractivity contribution in [3.8, 4) is 5.69 Å². The Bertz CT molecular complexity index is 1550. The first-order chi connectivity index (χ1) is 16.8. The van der Waals surface area contributed by atoms with Gasteiger partial charge < -0.3 is 4.90 Å². The number of carbonyl (C=O) groups excluding carboxylic acids is 1. The maximum Gasteiger partial charge on any atom is 0.265 e. The number of aromatic nitrogens is 2. The first-order valence-electron chi connectivity index (χ1n) is 11.3. The van der Waals surface area contributed by atoms with Crippen LogP contribution in [0.25, 0.3) is 16.6 Å². The van der Waals surface area contributed by atoms with E-state index in [1.165, 1.54) is 15.2 Å². The van der Waals surface area contributed by atoms with Gasteiger partial charge >= 0.3 is 0 Å². The molecule has 0 unspecified atom stereocenters. The molecule has 0 radical (unpaired) electrons. The monoisotopic (exact) mass is 488 g/mol. The molecule has 0 aliphatic carbocycles. The van der Waals surface area contributed by atoms with Gasteiger partial charge in [0.2, 0.25) is 10.0 Å². The molecule has 0 saturated carbocycles. The van der Waals surface area contributed by atoms with E-state index in [0.29, 0.717) is 35.2 Å². The molecule has 1 aromatic heterocycles. The normalized spacial score (nSPS) is 14.8.